The summed E-state index contributed by atoms with van der Waals surface area (Å²) in [7, 11) is 0. The van der Waals surface area contributed by atoms with Gasteiger partial charge in [0, 0.05) is 16.5 Å². The molecular formula is C31H40Cl2O6. The molecule has 214 valence electrons. The quantitative estimate of drug-likeness (QED) is 0.212. The van der Waals surface area contributed by atoms with Crippen LogP contribution >= 0.6 is 23.2 Å². The molecule has 1 saturated heterocycles. The Morgan fingerprint density at radius 3 is 1.64 bits per heavy atom. The highest BCUT2D eigenvalue weighted by atomic mass is 35.5. The Morgan fingerprint density at radius 1 is 0.769 bits per heavy atom. The number of halogens is 2. The smallest absolute Gasteiger partial charge is 0.339 e. The van der Waals surface area contributed by atoms with Gasteiger partial charge >= 0.3 is 11.9 Å². The van der Waals surface area contributed by atoms with E-state index in [-0.39, 0.29) is 13.2 Å². The van der Waals surface area contributed by atoms with Gasteiger partial charge in [-0.3, -0.25) is 0 Å². The average Bonchev–Trinajstić information content (AvgIpc) is 3.25. The highest BCUT2D eigenvalue weighted by molar-refractivity contribution is 6.30. The van der Waals surface area contributed by atoms with E-state index < -0.39 is 29.9 Å². The number of esters is 2. The summed E-state index contributed by atoms with van der Waals surface area (Å²) in [5, 5.41) is 1.18. The molecule has 1 heterocycles. The fraction of sp³-hybridized carbons (Fsp3) is 0.548. The van der Waals surface area contributed by atoms with Crippen molar-refractivity contribution in [2.75, 3.05) is 0 Å². The Morgan fingerprint density at radius 2 is 1.21 bits per heavy atom. The van der Waals surface area contributed by atoms with Crippen molar-refractivity contribution in [2.24, 2.45) is 11.8 Å². The Labute approximate surface area is 242 Å². The molecule has 2 aromatic rings. The minimum absolute atomic E-state index is 0.0208. The number of hydrogen-bond acceptors (Lipinski definition) is 6. The molecule has 1 unspecified atom stereocenters. The Balaban J connectivity index is 1.61. The molecule has 6 nitrogen and oxygen atoms in total. The number of carbonyl (C=O) groups is 2. The molecule has 39 heavy (non-hydrogen) atoms. The fourth-order valence-corrected chi connectivity index (χ4v) is 4.83. The second-order valence-electron chi connectivity index (χ2n) is 11.0. The highest BCUT2D eigenvalue weighted by Gasteiger charge is 2.52. The molecule has 3 atom stereocenters. The number of rotatable bonds is 14. The summed E-state index contributed by atoms with van der Waals surface area (Å²) in [6.07, 6.45) is 3.56. The van der Waals surface area contributed by atoms with Crippen LogP contribution in [0.5, 0.6) is 0 Å². The molecule has 0 saturated carbocycles. The first-order valence-electron chi connectivity index (χ1n) is 13.7. The maximum atomic E-state index is 13.1. The summed E-state index contributed by atoms with van der Waals surface area (Å²) >= 11 is 11.9. The number of carbonyl (C=O) groups excluding carboxylic acids is 2. The van der Waals surface area contributed by atoms with Crippen molar-refractivity contribution in [3.8, 4) is 0 Å². The van der Waals surface area contributed by atoms with E-state index in [1.54, 1.807) is 55.5 Å². The standard InChI is InChI=1S/C31H40Cl2O6/c1-21(2)7-5-8-22(3)9-6-18-31(4)38-27(29(34)36-19-23-10-14-25(32)15-11-23)28(39-31)30(35)37-20-24-12-16-26(33)17-13-24/h10-17,21-22,27-28H,5-9,18-20H2,1-4H3/t22?,27-,28-/m1/s1. The van der Waals surface area contributed by atoms with Crippen LogP contribution in [0.4, 0.5) is 0 Å². The average molecular weight is 580 g/mol. The van der Waals surface area contributed by atoms with Gasteiger partial charge in [-0.1, -0.05) is 93.9 Å². The lowest BCUT2D eigenvalue weighted by molar-refractivity contribution is -0.185. The van der Waals surface area contributed by atoms with Gasteiger partial charge in [-0.2, -0.15) is 0 Å². The molecule has 3 rings (SSSR count). The van der Waals surface area contributed by atoms with Crippen molar-refractivity contribution in [3.05, 3.63) is 69.7 Å². The first-order valence-corrected chi connectivity index (χ1v) is 14.5. The number of benzene rings is 2. The van der Waals surface area contributed by atoms with E-state index in [4.69, 9.17) is 42.1 Å². The number of hydrogen-bond donors (Lipinski definition) is 0. The molecule has 0 aliphatic carbocycles. The monoisotopic (exact) mass is 578 g/mol. The van der Waals surface area contributed by atoms with Crippen LogP contribution in [-0.2, 0) is 41.8 Å². The molecule has 0 amide bonds. The van der Waals surface area contributed by atoms with Crippen molar-refractivity contribution >= 4 is 35.1 Å². The Hall–Kier alpha value is -2.12. The third-order valence-electron chi connectivity index (χ3n) is 6.89. The van der Waals surface area contributed by atoms with Crippen LogP contribution in [-0.4, -0.2) is 29.9 Å². The second-order valence-corrected chi connectivity index (χ2v) is 11.9. The summed E-state index contributed by atoms with van der Waals surface area (Å²) in [4.78, 5) is 26.2. The van der Waals surface area contributed by atoms with E-state index in [2.05, 4.69) is 20.8 Å². The molecule has 1 aliphatic rings. The van der Waals surface area contributed by atoms with Gasteiger partial charge in [-0.05, 0) is 60.6 Å². The normalized spacial score (nSPS) is 19.2. The van der Waals surface area contributed by atoms with Crippen LogP contribution in [0.3, 0.4) is 0 Å². The summed E-state index contributed by atoms with van der Waals surface area (Å²) in [5.74, 6) is -1.17. The van der Waals surface area contributed by atoms with Gasteiger partial charge < -0.3 is 18.9 Å². The molecule has 0 N–H and O–H groups in total. The van der Waals surface area contributed by atoms with E-state index in [0.717, 1.165) is 24.0 Å². The summed E-state index contributed by atoms with van der Waals surface area (Å²) < 4.78 is 23.2. The minimum Gasteiger partial charge on any atom is -0.459 e. The van der Waals surface area contributed by atoms with Crippen LogP contribution in [0.2, 0.25) is 10.0 Å². The van der Waals surface area contributed by atoms with Gasteiger partial charge in [0.2, 0.25) is 0 Å². The third-order valence-corrected chi connectivity index (χ3v) is 7.39. The zero-order valence-electron chi connectivity index (χ0n) is 23.3. The van der Waals surface area contributed by atoms with Crippen LogP contribution in [0.1, 0.15) is 77.3 Å². The molecule has 0 radical (unpaired) electrons. The highest BCUT2D eigenvalue weighted by Crippen LogP contribution is 2.35. The lowest BCUT2D eigenvalue weighted by Gasteiger charge is -2.24. The molecule has 0 spiro atoms. The minimum atomic E-state index is -1.23. The number of ether oxygens (including phenoxy) is 4. The topological polar surface area (TPSA) is 71.1 Å². The first kappa shape index (κ1) is 31.4. The molecular weight excluding hydrogens is 539 g/mol. The van der Waals surface area contributed by atoms with Crippen molar-refractivity contribution in [2.45, 2.75) is 97.4 Å². The zero-order valence-corrected chi connectivity index (χ0v) is 24.8. The predicted octanol–water partition coefficient (Wildman–Crippen LogP) is 7.91. The largest absolute Gasteiger partial charge is 0.459 e. The Kier molecular flexibility index (Phi) is 12.1. The molecule has 1 aliphatic heterocycles. The molecule has 0 aromatic heterocycles. The SMILES string of the molecule is CC(C)CCCC(C)CCCC1(C)O[C@@H](C(=O)OCc2ccc(Cl)cc2)[C@H](C(=O)OCc2ccc(Cl)cc2)O1. The van der Waals surface area contributed by atoms with Crippen molar-refractivity contribution in [3.63, 3.8) is 0 Å². The predicted molar refractivity (Wildman–Crippen MR) is 152 cm³/mol. The van der Waals surface area contributed by atoms with Gasteiger partial charge in [0.05, 0.1) is 0 Å². The van der Waals surface area contributed by atoms with Gasteiger partial charge in [-0.15, -0.1) is 0 Å². The van der Waals surface area contributed by atoms with Gasteiger partial charge in [-0.25, -0.2) is 9.59 Å². The maximum Gasteiger partial charge on any atom is 0.339 e. The fourth-order valence-electron chi connectivity index (χ4n) is 4.57. The van der Waals surface area contributed by atoms with E-state index in [1.807, 2.05) is 0 Å². The summed E-state index contributed by atoms with van der Waals surface area (Å²) in [6.45, 7) is 8.55. The van der Waals surface area contributed by atoms with E-state index >= 15 is 0 Å². The first-order chi connectivity index (χ1) is 18.5. The summed E-state index contributed by atoms with van der Waals surface area (Å²) in [5.41, 5.74) is 1.53. The van der Waals surface area contributed by atoms with E-state index in [1.165, 1.54) is 19.3 Å². The van der Waals surface area contributed by atoms with Gasteiger partial charge in [0.15, 0.2) is 18.0 Å². The molecule has 2 aromatic carbocycles. The van der Waals surface area contributed by atoms with E-state index in [0.29, 0.717) is 28.3 Å². The van der Waals surface area contributed by atoms with Crippen LogP contribution in [0.25, 0.3) is 0 Å². The third kappa shape index (κ3) is 10.4. The molecule has 1 fully saturated rings. The summed E-state index contributed by atoms with van der Waals surface area (Å²) in [6, 6.07) is 14.0. The lowest BCUT2D eigenvalue weighted by atomic mass is 9.94. The van der Waals surface area contributed by atoms with Crippen LogP contribution in [0.15, 0.2) is 48.5 Å². The van der Waals surface area contributed by atoms with Crippen molar-refractivity contribution < 1.29 is 28.5 Å². The molecule has 0 bridgehead atoms. The Bertz CT molecular complexity index is 984. The van der Waals surface area contributed by atoms with E-state index in [9.17, 15) is 9.59 Å². The van der Waals surface area contributed by atoms with Gasteiger partial charge in [0.1, 0.15) is 13.2 Å². The maximum absolute atomic E-state index is 13.1. The van der Waals surface area contributed by atoms with Crippen molar-refractivity contribution in [1.82, 2.24) is 0 Å². The zero-order chi connectivity index (χ0) is 28.4. The van der Waals surface area contributed by atoms with Crippen LogP contribution < -0.4 is 0 Å². The lowest BCUT2D eigenvalue weighted by Crippen LogP contribution is -2.39. The molecule has 8 heteroatoms. The van der Waals surface area contributed by atoms with Gasteiger partial charge in [0.25, 0.3) is 0 Å². The van der Waals surface area contributed by atoms with Crippen molar-refractivity contribution in [1.29, 1.82) is 0 Å². The second kappa shape index (κ2) is 15.0. The van der Waals surface area contributed by atoms with Crippen LogP contribution in [0, 0.1) is 11.8 Å².